The van der Waals surface area contributed by atoms with E-state index in [-0.39, 0.29) is 24.2 Å². The number of primary amides is 1. The number of rotatable bonds is 6. The third kappa shape index (κ3) is 3.77. The minimum absolute atomic E-state index is 0.112. The summed E-state index contributed by atoms with van der Waals surface area (Å²) >= 11 is 1.62. The van der Waals surface area contributed by atoms with Gasteiger partial charge >= 0.3 is 0 Å². The van der Waals surface area contributed by atoms with Crippen LogP contribution in [0, 0.1) is 0 Å². The van der Waals surface area contributed by atoms with Crippen LogP contribution in [0.4, 0.5) is 0 Å². The van der Waals surface area contributed by atoms with Gasteiger partial charge in [-0.3, -0.25) is 14.0 Å². The number of thiazole rings is 1. The highest BCUT2D eigenvalue weighted by Gasteiger charge is 2.41. The molecule has 4 N–H and O–H groups in total. The van der Waals surface area contributed by atoms with E-state index < -0.39 is 11.9 Å². The summed E-state index contributed by atoms with van der Waals surface area (Å²) < 4.78 is 2.06. The van der Waals surface area contributed by atoms with E-state index in [0.29, 0.717) is 13.1 Å². The lowest BCUT2D eigenvalue weighted by Crippen LogP contribution is -2.51. The van der Waals surface area contributed by atoms with Crippen molar-refractivity contribution in [3.8, 4) is 0 Å². The Kier molecular flexibility index (Phi) is 5.38. The van der Waals surface area contributed by atoms with Gasteiger partial charge in [-0.25, -0.2) is 4.98 Å². The summed E-state index contributed by atoms with van der Waals surface area (Å²) in [4.78, 5) is 31.4. The second-order valence-corrected chi connectivity index (χ2v) is 8.48. The fraction of sp³-hybridized carbons (Fsp3) is 0.381. The second-order valence-electron chi connectivity index (χ2n) is 7.60. The highest BCUT2D eigenvalue weighted by atomic mass is 32.1. The van der Waals surface area contributed by atoms with Gasteiger partial charge in [0.25, 0.3) is 0 Å². The zero-order valence-corrected chi connectivity index (χ0v) is 17.0. The molecule has 3 aromatic rings. The molecule has 1 fully saturated rings. The summed E-state index contributed by atoms with van der Waals surface area (Å²) in [5, 5.41) is 2.02. The van der Waals surface area contributed by atoms with Gasteiger partial charge in [0.05, 0.1) is 11.7 Å². The van der Waals surface area contributed by atoms with Crippen molar-refractivity contribution in [3.05, 3.63) is 59.4 Å². The maximum Gasteiger partial charge on any atom is 0.239 e. The molecule has 4 rings (SSSR count). The van der Waals surface area contributed by atoms with E-state index >= 15 is 0 Å². The van der Waals surface area contributed by atoms with Crippen molar-refractivity contribution in [1.29, 1.82) is 0 Å². The average Bonchev–Trinajstić information content (AvgIpc) is 3.35. The Morgan fingerprint density at radius 2 is 1.93 bits per heavy atom. The number of nitrogens with zero attached hydrogens (tertiary/aromatic N) is 3. The molecule has 8 heteroatoms. The Bertz CT molecular complexity index is 976. The Morgan fingerprint density at radius 1 is 1.21 bits per heavy atom. The molecule has 0 radical (unpaired) electrons. The summed E-state index contributed by atoms with van der Waals surface area (Å²) in [6.45, 7) is 1.20. The molecule has 7 nitrogen and oxygen atoms in total. The van der Waals surface area contributed by atoms with Gasteiger partial charge in [-0.2, -0.15) is 0 Å². The van der Waals surface area contributed by atoms with Gasteiger partial charge in [0, 0.05) is 42.7 Å². The number of benzene rings is 1. The Labute approximate surface area is 173 Å². The van der Waals surface area contributed by atoms with E-state index in [0.717, 1.165) is 23.5 Å². The molecule has 152 valence electrons. The number of amides is 2. The van der Waals surface area contributed by atoms with Crippen LogP contribution in [0.15, 0.2) is 48.1 Å². The number of fused-ring (bicyclic) bond motifs is 1. The quantitative estimate of drug-likeness (QED) is 0.646. The summed E-state index contributed by atoms with van der Waals surface area (Å²) in [5.41, 5.74) is 13.2. The first-order valence-corrected chi connectivity index (χ1v) is 10.7. The van der Waals surface area contributed by atoms with Gasteiger partial charge < -0.3 is 16.4 Å². The Hall–Kier alpha value is -2.71. The van der Waals surface area contributed by atoms with Crippen LogP contribution in [0.5, 0.6) is 0 Å². The third-order valence-corrected chi connectivity index (χ3v) is 6.63. The van der Waals surface area contributed by atoms with E-state index in [2.05, 4.69) is 22.7 Å². The number of carbonyl (C=O) groups excluding carboxylic acids is 2. The topological polar surface area (TPSA) is 107 Å². The maximum absolute atomic E-state index is 12.7. The van der Waals surface area contributed by atoms with Crippen LogP contribution in [-0.2, 0) is 15.0 Å². The lowest BCUT2D eigenvalue weighted by atomic mass is 9.70. The van der Waals surface area contributed by atoms with E-state index in [9.17, 15) is 9.59 Å². The number of hydrogen-bond donors (Lipinski definition) is 2. The van der Waals surface area contributed by atoms with Crippen molar-refractivity contribution in [1.82, 2.24) is 14.3 Å². The highest BCUT2D eigenvalue weighted by molar-refractivity contribution is 7.15. The van der Waals surface area contributed by atoms with Crippen molar-refractivity contribution in [2.75, 3.05) is 13.1 Å². The predicted octanol–water partition coefficient (Wildman–Crippen LogP) is 1.90. The fourth-order valence-corrected chi connectivity index (χ4v) is 4.87. The number of piperidine rings is 1. The molecule has 2 amide bonds. The van der Waals surface area contributed by atoms with Crippen molar-refractivity contribution in [2.45, 2.75) is 37.1 Å². The van der Waals surface area contributed by atoms with Gasteiger partial charge in [-0.05, 0) is 24.8 Å². The van der Waals surface area contributed by atoms with E-state index in [1.807, 2.05) is 34.7 Å². The fourth-order valence-electron chi connectivity index (χ4n) is 4.17. The van der Waals surface area contributed by atoms with Crippen LogP contribution in [-0.4, -0.2) is 45.2 Å². The van der Waals surface area contributed by atoms with E-state index in [4.69, 9.17) is 16.5 Å². The van der Waals surface area contributed by atoms with Crippen LogP contribution in [0.25, 0.3) is 4.96 Å². The number of imidazole rings is 1. The number of nitrogens with two attached hydrogens (primary N) is 2. The van der Waals surface area contributed by atoms with Crippen molar-refractivity contribution >= 4 is 28.1 Å². The molecule has 1 aliphatic rings. The van der Waals surface area contributed by atoms with Crippen molar-refractivity contribution in [3.63, 3.8) is 0 Å². The molecule has 0 aliphatic carbocycles. The lowest BCUT2D eigenvalue weighted by molar-refractivity contribution is -0.134. The summed E-state index contributed by atoms with van der Waals surface area (Å²) in [6, 6.07) is 9.70. The Balaban J connectivity index is 1.57. The third-order valence-electron chi connectivity index (χ3n) is 5.86. The van der Waals surface area contributed by atoms with Crippen LogP contribution in [0.1, 0.15) is 36.9 Å². The van der Waals surface area contributed by atoms with Gasteiger partial charge in [0.2, 0.25) is 11.8 Å². The molecule has 1 aliphatic heterocycles. The molecule has 3 heterocycles. The molecule has 0 unspecified atom stereocenters. The normalized spacial score (nSPS) is 17.3. The number of hydrogen-bond acceptors (Lipinski definition) is 5. The monoisotopic (exact) mass is 411 g/mol. The Morgan fingerprint density at radius 3 is 2.59 bits per heavy atom. The first-order chi connectivity index (χ1) is 14.0. The molecule has 1 atom stereocenters. The number of aromatic nitrogens is 2. The molecular formula is C21H25N5O2S. The summed E-state index contributed by atoms with van der Waals surface area (Å²) in [5.74, 6) is -0.548. The zero-order valence-electron chi connectivity index (χ0n) is 16.2. The number of carbonyl (C=O) groups is 2. The lowest BCUT2D eigenvalue weighted by Gasteiger charge is -2.42. The molecular weight excluding hydrogens is 386 g/mol. The van der Waals surface area contributed by atoms with E-state index in [1.54, 1.807) is 11.3 Å². The van der Waals surface area contributed by atoms with Crippen LogP contribution in [0.2, 0.25) is 0 Å². The first-order valence-electron chi connectivity index (χ1n) is 9.80. The standard InChI is InChI=1S/C21H25N5O2S/c22-16(6-7-18(23)27)19(28)25-10-8-21(9-11-25,15-4-2-1-3-5-15)17-14-26-12-13-29-20(26)24-17/h1-5,12-14,16H,6-11,22H2,(H2,23,27)/t16-/m1/s1. The number of likely N-dealkylation sites (tertiary alicyclic amines) is 1. The van der Waals surface area contributed by atoms with E-state index in [1.165, 1.54) is 5.56 Å². The van der Waals surface area contributed by atoms with Crippen LogP contribution in [0.3, 0.4) is 0 Å². The SMILES string of the molecule is NC(=O)CC[C@@H](N)C(=O)N1CCC(c2ccccc2)(c2cn3ccsc3n2)CC1. The summed E-state index contributed by atoms with van der Waals surface area (Å²) in [7, 11) is 0. The molecule has 0 spiro atoms. The average molecular weight is 412 g/mol. The van der Waals surface area contributed by atoms with Crippen molar-refractivity contribution in [2.24, 2.45) is 11.5 Å². The molecule has 0 saturated carbocycles. The first kappa shape index (κ1) is 19.6. The van der Waals surface area contributed by atoms with Crippen molar-refractivity contribution < 1.29 is 9.59 Å². The summed E-state index contributed by atoms with van der Waals surface area (Å²) in [6.07, 6.45) is 6.08. The molecule has 29 heavy (non-hydrogen) atoms. The highest BCUT2D eigenvalue weighted by Crippen LogP contribution is 2.41. The van der Waals surface area contributed by atoms with Gasteiger partial charge in [-0.1, -0.05) is 30.3 Å². The second kappa shape index (κ2) is 7.96. The van der Waals surface area contributed by atoms with Gasteiger partial charge in [0.15, 0.2) is 4.96 Å². The molecule has 2 aromatic heterocycles. The predicted molar refractivity (Wildman–Crippen MR) is 113 cm³/mol. The van der Waals surface area contributed by atoms with Gasteiger partial charge in [-0.15, -0.1) is 11.3 Å². The minimum Gasteiger partial charge on any atom is -0.370 e. The maximum atomic E-state index is 12.7. The van der Waals surface area contributed by atoms with Crippen LogP contribution >= 0.6 is 11.3 Å². The molecule has 1 saturated heterocycles. The smallest absolute Gasteiger partial charge is 0.239 e. The van der Waals surface area contributed by atoms with Gasteiger partial charge in [0.1, 0.15) is 0 Å². The minimum atomic E-state index is -0.690. The molecule has 1 aromatic carbocycles. The largest absolute Gasteiger partial charge is 0.370 e. The molecule has 0 bridgehead atoms. The van der Waals surface area contributed by atoms with Crippen LogP contribution < -0.4 is 11.5 Å². The zero-order chi connectivity index (χ0) is 20.4.